The summed E-state index contributed by atoms with van der Waals surface area (Å²) in [6.45, 7) is 12.9. The molecule has 0 aliphatic carbocycles. The largest absolute Gasteiger partial charge is 1.00 e. The van der Waals surface area contributed by atoms with Gasteiger partial charge in [0.15, 0.2) is 5.40 Å². The van der Waals surface area contributed by atoms with Crippen LogP contribution in [-0.2, 0) is 37.3 Å². The Morgan fingerprint density at radius 2 is 0.964 bits per heavy atom. The van der Waals surface area contributed by atoms with E-state index in [0.29, 0.717) is 0 Å². The van der Waals surface area contributed by atoms with Gasteiger partial charge in [0.2, 0.25) is 0 Å². The van der Waals surface area contributed by atoms with Crippen LogP contribution in [0, 0.1) is 0 Å². The van der Waals surface area contributed by atoms with E-state index in [0.717, 1.165) is 0 Å². The third kappa shape index (κ3) is 12.2. The molecule has 0 aromatic heterocycles. The van der Waals surface area contributed by atoms with Crippen LogP contribution in [0.1, 0.15) is 61.8 Å². The van der Waals surface area contributed by atoms with Crippen molar-refractivity contribution >= 4 is 25.3 Å². The monoisotopic (exact) mass is 474 g/mol. The smallest absolute Gasteiger partial charge is 0.748 e. The van der Waals surface area contributed by atoms with E-state index >= 15 is 0 Å². The summed E-state index contributed by atoms with van der Waals surface area (Å²) in [7, 11) is -13.0. The minimum absolute atomic E-state index is 0. The Hall–Kier alpha value is 1.21. The van der Waals surface area contributed by atoms with Crippen LogP contribution in [0.15, 0.2) is 0 Å². The van der Waals surface area contributed by atoms with Gasteiger partial charge in [0, 0.05) is 5.75 Å². The van der Waals surface area contributed by atoms with Crippen molar-refractivity contribution in [1.82, 2.24) is 0 Å². The second-order valence-electron chi connectivity index (χ2n) is 7.23. The van der Waals surface area contributed by atoms with Crippen molar-refractivity contribution in [3.63, 3.8) is 0 Å². The van der Waals surface area contributed by atoms with Crippen LogP contribution in [0.4, 0.5) is 0 Å². The fourth-order valence-corrected chi connectivity index (χ4v) is 9.06. The molecule has 0 saturated carbocycles. The van der Waals surface area contributed by atoms with Crippen molar-refractivity contribution in [1.29, 1.82) is 0 Å². The summed E-state index contributed by atoms with van der Waals surface area (Å²) in [5.74, 6) is -0.905. The van der Waals surface area contributed by atoms with Crippen molar-refractivity contribution < 1.29 is 69.8 Å². The van der Waals surface area contributed by atoms with Crippen LogP contribution in [0.5, 0.6) is 0 Å². The summed E-state index contributed by atoms with van der Waals surface area (Å²) in [4.78, 5) is 0. The molecule has 0 heterocycles. The first kappa shape index (κ1) is 31.4. The molecule has 0 unspecified atom stereocenters. The first-order valence-corrected chi connectivity index (χ1v) is 13.7. The number of rotatable bonds is 13. The zero-order valence-corrected chi connectivity index (χ0v) is 22.9. The predicted octanol–water partition coefficient (Wildman–Crippen LogP) is 1.34. The maximum atomic E-state index is 13.6. The Morgan fingerprint density at radius 1 is 0.714 bits per heavy atom. The summed E-state index contributed by atoms with van der Waals surface area (Å²) in [6.07, 6.45) is -2.85. The first-order chi connectivity index (χ1) is 12.0. The molecule has 0 bridgehead atoms. The van der Waals surface area contributed by atoms with Crippen molar-refractivity contribution in [3.8, 4) is 0 Å². The maximum absolute atomic E-state index is 13.6. The van der Waals surface area contributed by atoms with Crippen LogP contribution in [0.25, 0.3) is 0 Å². The van der Waals surface area contributed by atoms with Gasteiger partial charge in [-0.2, -0.15) is 0 Å². The van der Waals surface area contributed by atoms with E-state index in [1.165, 1.54) is 0 Å². The molecular formula is C15H33NaO9P2S. The van der Waals surface area contributed by atoms with Gasteiger partial charge in [0.1, 0.15) is 0 Å². The van der Waals surface area contributed by atoms with E-state index in [4.69, 9.17) is 18.1 Å². The third-order valence-electron chi connectivity index (χ3n) is 2.79. The fraction of sp³-hybridized carbons (Fsp3) is 1.00. The molecule has 0 aliphatic rings. The van der Waals surface area contributed by atoms with E-state index in [1.807, 2.05) is 0 Å². The molecule has 28 heavy (non-hydrogen) atoms. The van der Waals surface area contributed by atoms with Crippen LogP contribution in [0.2, 0.25) is 0 Å². The van der Waals surface area contributed by atoms with Gasteiger partial charge in [0.05, 0.1) is 34.5 Å². The topological polar surface area (TPSA) is 128 Å². The Labute approximate surface area is 191 Å². The van der Waals surface area contributed by atoms with Crippen molar-refractivity contribution in [2.24, 2.45) is 0 Å². The van der Waals surface area contributed by atoms with Gasteiger partial charge >= 0.3 is 44.7 Å². The van der Waals surface area contributed by atoms with Gasteiger partial charge in [-0.05, 0) is 61.8 Å². The van der Waals surface area contributed by atoms with Crippen LogP contribution in [-0.4, -0.2) is 48.5 Å². The van der Waals surface area contributed by atoms with E-state index in [9.17, 15) is 22.1 Å². The van der Waals surface area contributed by atoms with Crippen molar-refractivity contribution in [3.05, 3.63) is 0 Å². The molecule has 9 nitrogen and oxygen atoms in total. The normalized spacial score (nSPS) is 13.8. The average molecular weight is 474 g/mol. The average Bonchev–Trinajstić information content (AvgIpc) is 2.31. The van der Waals surface area contributed by atoms with Crippen LogP contribution < -0.4 is 29.6 Å². The molecule has 0 saturated heterocycles. The quantitative estimate of drug-likeness (QED) is 0.221. The SMILES string of the molecule is CC(C)OP(=O)(OC(C)C)C(CCS(=O)(=O)[O-])P(=O)(OC(C)C)OC(C)C.[Na+]. The zero-order valence-electron chi connectivity index (χ0n) is 18.3. The van der Waals surface area contributed by atoms with E-state index in [-0.39, 0.29) is 29.6 Å². The Kier molecular flexibility index (Phi) is 14.5. The molecule has 0 spiro atoms. The van der Waals surface area contributed by atoms with Crippen LogP contribution >= 0.6 is 15.2 Å². The van der Waals surface area contributed by atoms with Gasteiger partial charge in [0.25, 0.3) is 0 Å². The Morgan fingerprint density at radius 3 is 1.14 bits per heavy atom. The molecule has 0 aromatic rings. The molecule has 0 N–H and O–H groups in total. The number of hydrogen-bond acceptors (Lipinski definition) is 9. The first-order valence-electron chi connectivity index (χ1n) is 8.87. The zero-order chi connectivity index (χ0) is 21.6. The molecule has 0 radical (unpaired) electrons. The summed E-state index contributed by atoms with van der Waals surface area (Å²) in [6, 6.07) is 0. The summed E-state index contributed by atoms with van der Waals surface area (Å²) < 4.78 is 82.7. The van der Waals surface area contributed by atoms with Crippen molar-refractivity contribution in [2.45, 2.75) is 91.6 Å². The second kappa shape index (κ2) is 12.9. The standard InChI is InChI=1S/C15H34O9P2S.Na/c1-11(2)21-25(16,22-12(3)4)15(9-10-27(18,19)20)26(17,23-13(5)6)24-14(7)8;/h11-15H,9-10H2,1-8H3,(H,18,19,20);/q;+1/p-1. The summed E-state index contributed by atoms with van der Waals surface area (Å²) >= 11 is 0. The van der Waals surface area contributed by atoms with Crippen LogP contribution in [0.3, 0.4) is 0 Å². The third-order valence-corrected chi connectivity index (χ3v) is 10.1. The number of hydrogen-bond donors (Lipinski definition) is 0. The molecule has 0 atom stereocenters. The van der Waals surface area contributed by atoms with Gasteiger partial charge in [-0.1, -0.05) is 0 Å². The summed E-state index contributed by atoms with van der Waals surface area (Å²) in [5.41, 5.74) is 0. The van der Waals surface area contributed by atoms with Gasteiger partial charge in [-0.15, -0.1) is 0 Å². The van der Waals surface area contributed by atoms with Gasteiger partial charge in [-0.3, -0.25) is 9.13 Å². The van der Waals surface area contributed by atoms with E-state index in [2.05, 4.69) is 0 Å². The molecule has 0 amide bonds. The molecular weight excluding hydrogens is 441 g/mol. The molecule has 0 fully saturated rings. The molecule has 164 valence electrons. The van der Waals surface area contributed by atoms with E-state index in [1.54, 1.807) is 55.4 Å². The molecule has 0 aromatic carbocycles. The molecule has 0 aliphatic heterocycles. The Balaban J connectivity index is 0. The summed E-state index contributed by atoms with van der Waals surface area (Å²) in [5, 5.41) is -1.55. The Bertz CT molecular complexity index is 584. The predicted molar refractivity (Wildman–Crippen MR) is 103 cm³/mol. The minimum Gasteiger partial charge on any atom is -0.748 e. The molecule has 0 rings (SSSR count). The minimum atomic E-state index is -4.67. The second-order valence-corrected chi connectivity index (χ2v) is 13.4. The van der Waals surface area contributed by atoms with Crippen molar-refractivity contribution in [2.75, 3.05) is 5.75 Å². The maximum Gasteiger partial charge on any atom is 1.00 e. The van der Waals surface area contributed by atoms with Gasteiger partial charge in [-0.25, -0.2) is 8.42 Å². The molecule has 13 heteroatoms. The van der Waals surface area contributed by atoms with E-state index < -0.39 is 67.3 Å². The fourth-order valence-electron chi connectivity index (χ4n) is 2.25. The van der Waals surface area contributed by atoms with Gasteiger partial charge < -0.3 is 22.6 Å².